The molecule has 3 fully saturated rings. The molecule has 3 amide bonds. The van der Waals surface area contributed by atoms with Crippen molar-refractivity contribution in [2.75, 3.05) is 24.4 Å². The highest BCUT2D eigenvalue weighted by atomic mass is 16.5. The van der Waals surface area contributed by atoms with Crippen molar-refractivity contribution < 1.29 is 23.9 Å². The molecule has 7 rings (SSSR count). The molecule has 5 aliphatic rings. The Hall–Kier alpha value is -3.61. The van der Waals surface area contributed by atoms with E-state index >= 15 is 0 Å². The average molecular weight is 444 g/mol. The van der Waals surface area contributed by atoms with Crippen LogP contribution in [0.5, 0.6) is 11.5 Å². The summed E-state index contributed by atoms with van der Waals surface area (Å²) in [4.78, 5) is 41.1. The molecule has 0 unspecified atom stereocenters. The molecular weight excluding hydrogens is 420 g/mol. The SMILES string of the molecule is COc1ccc(OC)c(NC(=O)c2cccc(N3C(=O)[C@@H]4[C@H]5C=C[C@@H]([C@@H]6C[C@@H]56)[C@H]4C3=O)c2)c1. The van der Waals surface area contributed by atoms with Crippen LogP contribution in [0, 0.1) is 35.5 Å². The number of nitrogens with zero attached hydrogens (tertiary/aromatic N) is 1. The third-order valence-electron chi connectivity index (χ3n) is 7.68. The summed E-state index contributed by atoms with van der Waals surface area (Å²) in [5.41, 5.74) is 1.25. The van der Waals surface area contributed by atoms with Gasteiger partial charge in [-0.1, -0.05) is 18.2 Å². The number of carbonyl (C=O) groups excluding carboxylic acids is 3. The largest absolute Gasteiger partial charge is 0.497 e. The number of nitrogens with one attached hydrogen (secondary N) is 1. The molecule has 0 radical (unpaired) electrons. The van der Waals surface area contributed by atoms with Gasteiger partial charge in [0, 0.05) is 11.6 Å². The molecule has 1 aliphatic heterocycles. The number of ether oxygens (including phenoxy) is 2. The van der Waals surface area contributed by atoms with Crippen LogP contribution in [0.15, 0.2) is 54.6 Å². The fourth-order valence-corrected chi connectivity index (χ4v) is 6.10. The van der Waals surface area contributed by atoms with Gasteiger partial charge in [-0.05, 0) is 60.4 Å². The lowest BCUT2D eigenvalue weighted by Gasteiger charge is -2.37. The lowest BCUT2D eigenvalue weighted by Crippen LogP contribution is -2.40. The van der Waals surface area contributed by atoms with Gasteiger partial charge in [0.05, 0.1) is 37.4 Å². The summed E-state index contributed by atoms with van der Waals surface area (Å²) in [5, 5.41) is 2.84. The van der Waals surface area contributed by atoms with Gasteiger partial charge in [0.15, 0.2) is 0 Å². The van der Waals surface area contributed by atoms with E-state index in [9.17, 15) is 14.4 Å². The zero-order valence-corrected chi connectivity index (χ0v) is 18.4. The number of amides is 3. The van der Waals surface area contributed by atoms with Crippen LogP contribution in [0.3, 0.4) is 0 Å². The van der Waals surface area contributed by atoms with Crippen LogP contribution in [0.1, 0.15) is 16.8 Å². The summed E-state index contributed by atoms with van der Waals surface area (Å²) >= 11 is 0. The molecule has 4 aliphatic carbocycles. The van der Waals surface area contributed by atoms with E-state index in [1.54, 1.807) is 49.6 Å². The summed E-state index contributed by atoms with van der Waals surface area (Å²) in [6, 6.07) is 11.8. The standard InChI is InChI=1S/C26H24N2O5/c1-32-15-6-9-21(33-2)20(11-15)27-24(29)13-4-3-5-14(10-13)28-25(30)22-16-7-8-17(19-12-18(16)19)23(22)26(28)31/h3-11,16-19,22-23H,12H2,1-2H3,(H,27,29)/t16-,17-,18-,19-,22+,23+/m0/s1. The molecule has 2 saturated carbocycles. The summed E-state index contributed by atoms with van der Waals surface area (Å²) in [7, 11) is 3.07. The Kier molecular flexibility index (Phi) is 4.37. The lowest BCUT2D eigenvalue weighted by atomic mass is 9.63. The van der Waals surface area contributed by atoms with Gasteiger partial charge in [-0.3, -0.25) is 14.4 Å². The fourth-order valence-electron chi connectivity index (χ4n) is 6.10. The first-order chi connectivity index (χ1) is 16.0. The fraction of sp³-hybridized carbons (Fsp3) is 0.346. The Bertz CT molecular complexity index is 1180. The molecular formula is C26H24N2O5. The van der Waals surface area contributed by atoms with Crippen LogP contribution in [0.4, 0.5) is 11.4 Å². The first-order valence-electron chi connectivity index (χ1n) is 11.2. The number of benzene rings is 2. The monoisotopic (exact) mass is 444 g/mol. The molecule has 1 saturated heterocycles. The molecule has 1 N–H and O–H groups in total. The van der Waals surface area contributed by atoms with Gasteiger partial charge < -0.3 is 14.8 Å². The molecule has 2 aromatic rings. The second-order valence-electron chi connectivity index (χ2n) is 9.24. The van der Waals surface area contributed by atoms with Crippen LogP contribution in [0.2, 0.25) is 0 Å². The smallest absolute Gasteiger partial charge is 0.255 e. The number of imide groups is 1. The van der Waals surface area contributed by atoms with Crippen molar-refractivity contribution in [3.63, 3.8) is 0 Å². The topological polar surface area (TPSA) is 84.9 Å². The quantitative estimate of drug-likeness (QED) is 0.564. The second kappa shape index (κ2) is 7.20. The highest BCUT2D eigenvalue weighted by Crippen LogP contribution is 2.65. The molecule has 1 heterocycles. The molecule has 7 heteroatoms. The summed E-state index contributed by atoms with van der Waals surface area (Å²) in [5.74, 6) is 1.32. The summed E-state index contributed by atoms with van der Waals surface area (Å²) in [6.07, 6.45) is 5.43. The second-order valence-corrected chi connectivity index (χ2v) is 9.24. The molecule has 7 nitrogen and oxygen atoms in total. The average Bonchev–Trinajstić information content (AvgIpc) is 3.62. The minimum absolute atomic E-state index is 0.137. The van der Waals surface area contributed by atoms with Gasteiger partial charge >= 0.3 is 0 Å². The predicted octanol–water partition coefficient (Wildman–Crippen LogP) is 3.51. The minimum Gasteiger partial charge on any atom is -0.497 e. The number of hydrogen-bond donors (Lipinski definition) is 1. The molecule has 33 heavy (non-hydrogen) atoms. The van der Waals surface area contributed by atoms with Crippen molar-refractivity contribution >= 4 is 29.1 Å². The lowest BCUT2D eigenvalue weighted by molar-refractivity contribution is -0.124. The Labute approximate surface area is 191 Å². The molecule has 6 atom stereocenters. The highest BCUT2D eigenvalue weighted by molar-refractivity contribution is 6.23. The first-order valence-corrected chi connectivity index (χ1v) is 11.2. The van der Waals surface area contributed by atoms with Crippen LogP contribution in [0.25, 0.3) is 0 Å². The van der Waals surface area contributed by atoms with Crippen LogP contribution in [-0.2, 0) is 9.59 Å². The first kappa shape index (κ1) is 20.0. The highest BCUT2D eigenvalue weighted by Gasteiger charge is 2.67. The van der Waals surface area contributed by atoms with E-state index in [-0.39, 0.29) is 41.4 Å². The maximum Gasteiger partial charge on any atom is 0.255 e. The normalized spacial score (nSPS) is 30.7. The van der Waals surface area contributed by atoms with Crippen molar-refractivity contribution in [3.8, 4) is 11.5 Å². The Balaban J connectivity index is 1.28. The van der Waals surface area contributed by atoms with Gasteiger partial charge in [-0.15, -0.1) is 0 Å². The van der Waals surface area contributed by atoms with Gasteiger partial charge in [0.2, 0.25) is 11.8 Å². The zero-order chi connectivity index (χ0) is 22.9. The molecule has 0 aromatic heterocycles. The predicted molar refractivity (Wildman–Crippen MR) is 121 cm³/mol. The minimum atomic E-state index is -0.372. The van der Waals surface area contributed by atoms with E-state index in [0.29, 0.717) is 40.3 Å². The maximum absolute atomic E-state index is 13.4. The van der Waals surface area contributed by atoms with E-state index in [0.717, 1.165) is 6.42 Å². The molecule has 0 spiro atoms. The number of methoxy groups -OCH3 is 2. The Morgan fingerprint density at radius 3 is 2.27 bits per heavy atom. The number of hydrogen-bond acceptors (Lipinski definition) is 5. The van der Waals surface area contributed by atoms with Gasteiger partial charge in [0.25, 0.3) is 5.91 Å². The number of anilines is 2. The van der Waals surface area contributed by atoms with E-state index < -0.39 is 0 Å². The molecule has 2 bridgehead atoms. The van der Waals surface area contributed by atoms with Gasteiger partial charge in [0.1, 0.15) is 11.5 Å². The number of carbonyl (C=O) groups is 3. The van der Waals surface area contributed by atoms with E-state index in [2.05, 4.69) is 17.5 Å². The number of rotatable bonds is 5. The van der Waals surface area contributed by atoms with Crippen LogP contribution in [-0.4, -0.2) is 31.9 Å². The maximum atomic E-state index is 13.4. The number of allylic oxidation sites excluding steroid dienone is 2. The van der Waals surface area contributed by atoms with Crippen molar-refractivity contribution in [1.82, 2.24) is 0 Å². The van der Waals surface area contributed by atoms with Crippen molar-refractivity contribution in [3.05, 3.63) is 60.2 Å². The van der Waals surface area contributed by atoms with Gasteiger partial charge in [-0.25, -0.2) is 4.90 Å². The third-order valence-corrected chi connectivity index (χ3v) is 7.68. The van der Waals surface area contributed by atoms with Crippen LogP contribution < -0.4 is 19.7 Å². The van der Waals surface area contributed by atoms with E-state index in [1.807, 2.05) is 0 Å². The molecule has 168 valence electrons. The zero-order valence-electron chi connectivity index (χ0n) is 18.4. The van der Waals surface area contributed by atoms with Crippen molar-refractivity contribution in [1.29, 1.82) is 0 Å². The summed E-state index contributed by atoms with van der Waals surface area (Å²) in [6.45, 7) is 0. The molecule has 2 aromatic carbocycles. The van der Waals surface area contributed by atoms with Crippen molar-refractivity contribution in [2.45, 2.75) is 6.42 Å². The Morgan fingerprint density at radius 2 is 1.64 bits per heavy atom. The van der Waals surface area contributed by atoms with E-state index in [1.165, 1.54) is 12.0 Å². The third kappa shape index (κ3) is 2.91. The van der Waals surface area contributed by atoms with E-state index in [4.69, 9.17) is 9.47 Å². The Morgan fingerprint density at radius 1 is 0.939 bits per heavy atom. The van der Waals surface area contributed by atoms with Crippen molar-refractivity contribution in [2.24, 2.45) is 35.5 Å². The van der Waals surface area contributed by atoms with Gasteiger partial charge in [-0.2, -0.15) is 0 Å². The summed E-state index contributed by atoms with van der Waals surface area (Å²) < 4.78 is 10.6. The van der Waals surface area contributed by atoms with Crippen LogP contribution >= 0.6 is 0 Å².